The van der Waals surface area contributed by atoms with Gasteiger partial charge < -0.3 is 5.32 Å². The molecule has 2 heteroatoms. The average Bonchev–Trinajstić information content (AvgIpc) is 2.25. The second-order valence-electron chi connectivity index (χ2n) is 4.64. The van der Waals surface area contributed by atoms with Crippen LogP contribution >= 0.6 is 0 Å². The molecule has 0 radical (unpaired) electrons. The average molecular weight is 226 g/mol. The first-order valence-corrected chi connectivity index (χ1v) is 6.78. The van der Waals surface area contributed by atoms with Crippen molar-refractivity contribution in [2.45, 2.75) is 46.5 Å². The van der Waals surface area contributed by atoms with E-state index in [1.54, 1.807) is 0 Å². The van der Waals surface area contributed by atoms with Crippen molar-refractivity contribution >= 4 is 0 Å². The summed E-state index contributed by atoms with van der Waals surface area (Å²) in [6, 6.07) is 0. The van der Waals surface area contributed by atoms with Gasteiger partial charge in [0.25, 0.3) is 0 Å². The van der Waals surface area contributed by atoms with E-state index in [1.807, 2.05) is 0 Å². The van der Waals surface area contributed by atoms with Gasteiger partial charge in [0.2, 0.25) is 0 Å². The van der Waals surface area contributed by atoms with Crippen LogP contribution in [0, 0.1) is 0 Å². The Bertz CT molecular complexity index is 166. The first-order valence-electron chi connectivity index (χ1n) is 6.78. The molecule has 96 valence electrons. The number of nitrogens with zero attached hydrogens (tertiary/aromatic N) is 1. The molecule has 0 aromatic carbocycles. The number of nitrogens with one attached hydrogen (secondary N) is 1. The third-order valence-electron chi connectivity index (χ3n) is 2.70. The molecule has 0 aromatic heterocycles. The Morgan fingerprint density at radius 3 is 2.44 bits per heavy atom. The second kappa shape index (κ2) is 11.2. The maximum atomic E-state index is 3.97. The predicted molar refractivity (Wildman–Crippen MR) is 73.9 cm³/mol. The molecule has 0 unspecified atom stereocenters. The summed E-state index contributed by atoms with van der Waals surface area (Å²) in [5, 5.41) is 3.44. The van der Waals surface area contributed by atoms with Gasteiger partial charge in [0.1, 0.15) is 0 Å². The van der Waals surface area contributed by atoms with Crippen molar-refractivity contribution in [3.63, 3.8) is 0 Å². The number of hydrogen-bond acceptors (Lipinski definition) is 2. The van der Waals surface area contributed by atoms with Crippen molar-refractivity contribution in [3.8, 4) is 0 Å². The smallest absolute Gasteiger partial charge is 0.0187 e. The van der Waals surface area contributed by atoms with Crippen molar-refractivity contribution in [2.24, 2.45) is 0 Å². The molecule has 0 aliphatic carbocycles. The molecular weight excluding hydrogens is 196 g/mol. The quantitative estimate of drug-likeness (QED) is 0.430. The molecule has 0 aliphatic heterocycles. The van der Waals surface area contributed by atoms with Crippen LogP contribution in [0.2, 0.25) is 0 Å². The van der Waals surface area contributed by atoms with Gasteiger partial charge >= 0.3 is 0 Å². The molecule has 2 nitrogen and oxygen atoms in total. The summed E-state index contributed by atoms with van der Waals surface area (Å²) in [5.74, 6) is 0. The van der Waals surface area contributed by atoms with Crippen LogP contribution in [-0.4, -0.2) is 37.6 Å². The maximum absolute atomic E-state index is 3.97. The summed E-state index contributed by atoms with van der Waals surface area (Å²) in [7, 11) is 0. The van der Waals surface area contributed by atoms with Gasteiger partial charge in [-0.1, -0.05) is 32.4 Å². The number of likely N-dealkylation sites (N-methyl/N-ethyl adjacent to an activating group) is 1. The topological polar surface area (TPSA) is 15.3 Å². The van der Waals surface area contributed by atoms with Crippen molar-refractivity contribution < 1.29 is 0 Å². The van der Waals surface area contributed by atoms with Crippen LogP contribution in [0.5, 0.6) is 0 Å². The van der Waals surface area contributed by atoms with E-state index >= 15 is 0 Å². The van der Waals surface area contributed by atoms with Crippen molar-refractivity contribution in [2.75, 3.05) is 32.7 Å². The highest BCUT2D eigenvalue weighted by molar-refractivity contribution is 4.91. The van der Waals surface area contributed by atoms with Gasteiger partial charge in [-0.25, -0.2) is 0 Å². The van der Waals surface area contributed by atoms with E-state index in [2.05, 4.69) is 37.6 Å². The van der Waals surface area contributed by atoms with Crippen LogP contribution in [0.25, 0.3) is 0 Å². The molecule has 0 aromatic rings. The van der Waals surface area contributed by atoms with Gasteiger partial charge in [-0.3, -0.25) is 4.90 Å². The Morgan fingerprint density at radius 2 is 1.88 bits per heavy atom. The van der Waals surface area contributed by atoms with E-state index in [0.717, 1.165) is 19.6 Å². The third kappa shape index (κ3) is 10.2. The predicted octanol–water partition coefficient (Wildman–Crippen LogP) is 3.05. The van der Waals surface area contributed by atoms with Gasteiger partial charge in [-0.2, -0.15) is 0 Å². The number of rotatable bonds is 11. The minimum atomic E-state index is 1.06. The van der Waals surface area contributed by atoms with E-state index < -0.39 is 0 Å². The highest BCUT2D eigenvalue weighted by atomic mass is 15.1. The third-order valence-corrected chi connectivity index (χ3v) is 2.70. The Kier molecular flexibility index (Phi) is 10.9. The van der Waals surface area contributed by atoms with E-state index in [9.17, 15) is 0 Å². The largest absolute Gasteiger partial charge is 0.317 e. The van der Waals surface area contributed by atoms with Crippen molar-refractivity contribution in [1.29, 1.82) is 0 Å². The zero-order chi connectivity index (χ0) is 12.2. The molecule has 1 N–H and O–H groups in total. The van der Waals surface area contributed by atoms with Gasteiger partial charge in [0.15, 0.2) is 0 Å². The van der Waals surface area contributed by atoms with Gasteiger partial charge in [-0.15, -0.1) is 0 Å². The van der Waals surface area contributed by atoms with Gasteiger partial charge in [0, 0.05) is 6.54 Å². The fraction of sp³-hybridized carbons (Fsp3) is 0.857. The van der Waals surface area contributed by atoms with E-state index in [-0.39, 0.29) is 0 Å². The zero-order valence-electron chi connectivity index (χ0n) is 11.5. The summed E-state index contributed by atoms with van der Waals surface area (Å²) < 4.78 is 0. The fourth-order valence-electron chi connectivity index (χ4n) is 1.79. The molecule has 0 saturated heterocycles. The molecule has 0 rings (SSSR count). The minimum Gasteiger partial charge on any atom is -0.317 e. The van der Waals surface area contributed by atoms with Gasteiger partial charge in [-0.05, 0) is 52.4 Å². The molecule has 0 heterocycles. The highest BCUT2D eigenvalue weighted by Gasteiger charge is 2.01. The van der Waals surface area contributed by atoms with E-state index in [4.69, 9.17) is 0 Å². The molecule has 0 atom stereocenters. The molecule has 0 fully saturated rings. The lowest BCUT2D eigenvalue weighted by molar-refractivity contribution is 0.303. The van der Waals surface area contributed by atoms with Crippen LogP contribution in [0.1, 0.15) is 46.5 Å². The standard InChI is InChI=1S/C14H30N2/c1-5-10-15-11-8-7-9-12-16(6-2)13-14(3)4/h15H,3,5-13H2,1-2,4H3. The van der Waals surface area contributed by atoms with Crippen LogP contribution in [0.4, 0.5) is 0 Å². The first kappa shape index (κ1) is 15.7. The van der Waals surface area contributed by atoms with E-state index in [0.29, 0.717) is 0 Å². The lowest BCUT2D eigenvalue weighted by atomic mass is 10.2. The number of hydrogen-bond donors (Lipinski definition) is 1. The Balaban J connectivity index is 3.31. The summed E-state index contributed by atoms with van der Waals surface area (Å²) in [6.07, 6.45) is 5.20. The molecule has 0 amide bonds. The zero-order valence-corrected chi connectivity index (χ0v) is 11.5. The van der Waals surface area contributed by atoms with Crippen molar-refractivity contribution in [3.05, 3.63) is 12.2 Å². The Hall–Kier alpha value is -0.340. The highest BCUT2D eigenvalue weighted by Crippen LogP contribution is 2.01. The Labute approximate surface area is 102 Å². The summed E-state index contributed by atoms with van der Waals surface area (Å²) in [5.41, 5.74) is 1.27. The minimum absolute atomic E-state index is 1.06. The molecule has 0 spiro atoms. The van der Waals surface area contributed by atoms with Crippen molar-refractivity contribution in [1.82, 2.24) is 10.2 Å². The first-order chi connectivity index (χ1) is 7.70. The van der Waals surface area contributed by atoms with Gasteiger partial charge in [0.05, 0.1) is 0 Å². The Morgan fingerprint density at radius 1 is 1.12 bits per heavy atom. The lowest BCUT2D eigenvalue weighted by Crippen LogP contribution is -2.26. The molecule has 0 saturated carbocycles. The summed E-state index contributed by atoms with van der Waals surface area (Å²) in [4.78, 5) is 2.47. The van der Waals surface area contributed by atoms with Crippen LogP contribution < -0.4 is 5.32 Å². The summed E-state index contributed by atoms with van der Waals surface area (Å²) >= 11 is 0. The molecule has 16 heavy (non-hydrogen) atoms. The molecule has 0 aliphatic rings. The molecular formula is C14H30N2. The van der Waals surface area contributed by atoms with Crippen LogP contribution in [0.3, 0.4) is 0 Å². The maximum Gasteiger partial charge on any atom is 0.0187 e. The van der Waals surface area contributed by atoms with Crippen LogP contribution in [0.15, 0.2) is 12.2 Å². The SMILES string of the molecule is C=C(C)CN(CC)CCCCCNCCC. The normalized spacial score (nSPS) is 11.0. The monoisotopic (exact) mass is 226 g/mol. The van der Waals surface area contributed by atoms with Crippen LogP contribution in [-0.2, 0) is 0 Å². The molecule has 0 bridgehead atoms. The number of unbranched alkanes of at least 4 members (excludes halogenated alkanes) is 2. The second-order valence-corrected chi connectivity index (χ2v) is 4.64. The summed E-state index contributed by atoms with van der Waals surface area (Å²) in [6.45, 7) is 16.3. The van der Waals surface area contributed by atoms with E-state index in [1.165, 1.54) is 44.3 Å². The lowest BCUT2D eigenvalue weighted by Gasteiger charge is -2.20. The fourth-order valence-corrected chi connectivity index (χ4v) is 1.79.